The van der Waals surface area contributed by atoms with E-state index >= 15 is 0 Å². The number of carbonyl (C=O) groups is 2. The van der Waals surface area contributed by atoms with Crippen LogP contribution in [0.5, 0.6) is 0 Å². The lowest BCUT2D eigenvalue weighted by Crippen LogP contribution is -2.44. The number of esters is 1. The molecule has 1 saturated heterocycles. The van der Waals surface area contributed by atoms with Crippen molar-refractivity contribution in [3.8, 4) is 0 Å². The molecule has 1 N–H and O–H groups in total. The number of hydrogen-bond acceptors (Lipinski definition) is 6. The third-order valence-corrected chi connectivity index (χ3v) is 4.59. The maximum Gasteiger partial charge on any atom is 0.308 e. The molecule has 0 saturated carbocycles. The number of carbonyl (C=O) groups excluding carboxylic acids is 2. The van der Waals surface area contributed by atoms with E-state index in [-0.39, 0.29) is 30.4 Å². The van der Waals surface area contributed by atoms with Crippen LogP contribution in [-0.4, -0.2) is 70.3 Å². The molecule has 1 fully saturated rings. The molecule has 1 heterocycles. The highest BCUT2D eigenvalue weighted by atomic mass is 16.5. The summed E-state index contributed by atoms with van der Waals surface area (Å²) in [5.74, 6) is -0.893. The van der Waals surface area contributed by atoms with E-state index in [9.17, 15) is 9.59 Å². The Balaban J connectivity index is 2.00. The molecule has 0 aliphatic carbocycles. The Bertz CT molecular complexity index is 610. The molecule has 0 unspecified atom stereocenters. The molecule has 1 aliphatic rings. The molecule has 7 heteroatoms. The van der Waals surface area contributed by atoms with Crippen molar-refractivity contribution in [2.75, 3.05) is 58.5 Å². The summed E-state index contributed by atoms with van der Waals surface area (Å²) < 4.78 is 10.5. The number of hydrogen-bond donors (Lipinski definition) is 1. The van der Waals surface area contributed by atoms with Crippen molar-refractivity contribution in [3.05, 3.63) is 29.8 Å². The van der Waals surface area contributed by atoms with E-state index in [1.807, 2.05) is 14.1 Å². The summed E-state index contributed by atoms with van der Waals surface area (Å²) in [5.41, 5.74) is 2.27. The molecular formula is C20H31N3O4. The summed E-state index contributed by atoms with van der Waals surface area (Å²) in [6.07, 6.45) is 0. The maximum absolute atomic E-state index is 12.1. The lowest BCUT2D eigenvalue weighted by atomic mass is 10.0. The fourth-order valence-corrected chi connectivity index (χ4v) is 2.91. The van der Waals surface area contributed by atoms with Crippen molar-refractivity contribution in [2.24, 2.45) is 5.92 Å². The van der Waals surface area contributed by atoms with Gasteiger partial charge >= 0.3 is 5.97 Å². The minimum absolute atomic E-state index is 0.0508. The Morgan fingerprint density at radius 2 is 1.81 bits per heavy atom. The van der Waals surface area contributed by atoms with Gasteiger partial charge in [-0.1, -0.05) is 26.0 Å². The van der Waals surface area contributed by atoms with E-state index in [4.69, 9.17) is 9.47 Å². The first-order valence-electron chi connectivity index (χ1n) is 9.41. The number of nitrogens with zero attached hydrogens (tertiary/aromatic N) is 2. The molecule has 1 aromatic rings. The average molecular weight is 377 g/mol. The number of nitrogens with one attached hydrogen (secondary N) is 1. The summed E-state index contributed by atoms with van der Waals surface area (Å²) in [7, 11) is 4.01. The van der Waals surface area contributed by atoms with Crippen molar-refractivity contribution < 1.29 is 19.1 Å². The molecule has 1 amide bonds. The second-order valence-corrected chi connectivity index (χ2v) is 7.22. The van der Waals surface area contributed by atoms with E-state index in [0.717, 1.165) is 24.3 Å². The Hall–Kier alpha value is -2.12. The molecule has 0 bridgehead atoms. The molecular weight excluding hydrogens is 346 g/mol. The second-order valence-electron chi connectivity index (χ2n) is 7.22. The standard InChI is InChI=1S/C20H31N3O4/c1-15(2)20(25)27-14-19(24)21-13-18(23-9-11-26-12-10-23)16-5-7-17(8-6-16)22(3)4/h5-8,15,18H,9-14H2,1-4H3,(H,21,24)/t18-/m0/s1. The number of rotatable bonds is 8. The average Bonchev–Trinajstić information content (AvgIpc) is 2.67. The first kappa shape index (κ1) is 21.2. The predicted molar refractivity (Wildman–Crippen MR) is 105 cm³/mol. The Morgan fingerprint density at radius 3 is 2.37 bits per heavy atom. The van der Waals surface area contributed by atoms with Crippen LogP contribution in [0.2, 0.25) is 0 Å². The third-order valence-electron chi connectivity index (χ3n) is 4.59. The molecule has 0 spiro atoms. The molecule has 2 rings (SSSR count). The number of ether oxygens (including phenoxy) is 2. The van der Waals surface area contributed by atoms with Gasteiger partial charge in [-0.2, -0.15) is 0 Å². The van der Waals surface area contributed by atoms with Gasteiger partial charge in [-0.3, -0.25) is 14.5 Å². The van der Waals surface area contributed by atoms with Crippen molar-refractivity contribution >= 4 is 17.6 Å². The van der Waals surface area contributed by atoms with Gasteiger partial charge in [0.15, 0.2) is 6.61 Å². The molecule has 27 heavy (non-hydrogen) atoms. The number of morpholine rings is 1. The predicted octanol–water partition coefficient (Wildman–Crippen LogP) is 1.44. The van der Waals surface area contributed by atoms with Gasteiger partial charge in [-0.15, -0.1) is 0 Å². The quantitative estimate of drug-likeness (QED) is 0.692. The van der Waals surface area contributed by atoms with Crippen LogP contribution in [0.25, 0.3) is 0 Å². The maximum atomic E-state index is 12.1. The topological polar surface area (TPSA) is 71.1 Å². The molecule has 0 aromatic heterocycles. The highest BCUT2D eigenvalue weighted by Crippen LogP contribution is 2.23. The lowest BCUT2D eigenvalue weighted by Gasteiger charge is -2.35. The van der Waals surface area contributed by atoms with Crippen LogP contribution in [0, 0.1) is 5.92 Å². The molecule has 1 aromatic carbocycles. The van der Waals surface area contributed by atoms with Gasteiger partial charge in [-0.25, -0.2) is 0 Å². The van der Waals surface area contributed by atoms with Crippen LogP contribution in [0.4, 0.5) is 5.69 Å². The fraction of sp³-hybridized carbons (Fsp3) is 0.600. The zero-order valence-corrected chi connectivity index (χ0v) is 16.7. The minimum Gasteiger partial charge on any atom is -0.455 e. The van der Waals surface area contributed by atoms with Gasteiger partial charge in [0.25, 0.3) is 5.91 Å². The van der Waals surface area contributed by atoms with Crippen LogP contribution in [0.15, 0.2) is 24.3 Å². The number of benzene rings is 1. The highest BCUT2D eigenvalue weighted by molar-refractivity contribution is 5.81. The van der Waals surface area contributed by atoms with Gasteiger partial charge in [0.2, 0.25) is 0 Å². The van der Waals surface area contributed by atoms with E-state index in [1.165, 1.54) is 0 Å². The zero-order valence-electron chi connectivity index (χ0n) is 16.7. The summed E-state index contributed by atoms with van der Waals surface area (Å²) in [4.78, 5) is 28.0. The Morgan fingerprint density at radius 1 is 1.19 bits per heavy atom. The highest BCUT2D eigenvalue weighted by Gasteiger charge is 2.23. The molecule has 7 nitrogen and oxygen atoms in total. The normalized spacial score (nSPS) is 16.0. The fourth-order valence-electron chi connectivity index (χ4n) is 2.91. The summed E-state index contributed by atoms with van der Waals surface area (Å²) in [6.45, 7) is 6.71. The molecule has 1 aliphatic heterocycles. The van der Waals surface area contributed by atoms with Gasteiger partial charge in [-0.05, 0) is 17.7 Å². The SMILES string of the molecule is CC(C)C(=O)OCC(=O)NC[C@@H](c1ccc(N(C)C)cc1)N1CCOCC1. The lowest BCUT2D eigenvalue weighted by molar-refractivity contribution is -0.151. The van der Waals surface area contributed by atoms with Crippen LogP contribution >= 0.6 is 0 Å². The summed E-state index contributed by atoms with van der Waals surface area (Å²) in [5, 5.41) is 2.90. The Kier molecular flexibility index (Phi) is 8.06. The number of amides is 1. The van der Waals surface area contributed by atoms with Gasteiger partial charge < -0.3 is 19.7 Å². The van der Waals surface area contributed by atoms with Crippen molar-refractivity contribution in [1.82, 2.24) is 10.2 Å². The largest absolute Gasteiger partial charge is 0.455 e. The second kappa shape index (κ2) is 10.3. The van der Waals surface area contributed by atoms with E-state index in [0.29, 0.717) is 19.8 Å². The van der Waals surface area contributed by atoms with Gasteiger partial charge in [0.1, 0.15) is 0 Å². The van der Waals surface area contributed by atoms with E-state index in [2.05, 4.69) is 39.4 Å². The van der Waals surface area contributed by atoms with Crippen LogP contribution < -0.4 is 10.2 Å². The monoisotopic (exact) mass is 377 g/mol. The van der Waals surface area contributed by atoms with Gasteiger partial charge in [0, 0.05) is 39.4 Å². The summed E-state index contributed by atoms with van der Waals surface area (Å²) in [6, 6.07) is 8.40. The van der Waals surface area contributed by atoms with Crippen LogP contribution in [0.1, 0.15) is 25.5 Å². The number of anilines is 1. The molecule has 0 radical (unpaired) electrons. The third kappa shape index (κ3) is 6.52. The van der Waals surface area contributed by atoms with Crippen LogP contribution in [0.3, 0.4) is 0 Å². The van der Waals surface area contributed by atoms with Gasteiger partial charge in [0.05, 0.1) is 25.2 Å². The van der Waals surface area contributed by atoms with E-state index in [1.54, 1.807) is 13.8 Å². The van der Waals surface area contributed by atoms with Crippen molar-refractivity contribution in [2.45, 2.75) is 19.9 Å². The van der Waals surface area contributed by atoms with E-state index < -0.39 is 0 Å². The van der Waals surface area contributed by atoms with Crippen LogP contribution in [-0.2, 0) is 19.1 Å². The first-order chi connectivity index (χ1) is 12.9. The first-order valence-corrected chi connectivity index (χ1v) is 9.41. The zero-order chi connectivity index (χ0) is 19.8. The molecule has 150 valence electrons. The minimum atomic E-state index is -0.367. The summed E-state index contributed by atoms with van der Waals surface area (Å²) >= 11 is 0. The Labute approximate surface area is 161 Å². The van der Waals surface area contributed by atoms with Crippen molar-refractivity contribution in [3.63, 3.8) is 0 Å². The molecule has 1 atom stereocenters. The smallest absolute Gasteiger partial charge is 0.308 e. The van der Waals surface area contributed by atoms with Crippen molar-refractivity contribution in [1.29, 1.82) is 0 Å².